The molecule has 3 rings (SSSR count). The van der Waals surface area contributed by atoms with Crippen LogP contribution in [0.25, 0.3) is 5.57 Å². The largest absolute Gasteiger partial charge is 0.243 e. The van der Waals surface area contributed by atoms with Crippen molar-refractivity contribution in [1.29, 1.82) is 0 Å². The molecule has 0 bridgehead atoms. The molecule has 0 atom stereocenters. The first-order valence-corrected chi connectivity index (χ1v) is 9.91. The van der Waals surface area contributed by atoms with Gasteiger partial charge in [-0.3, -0.25) is 0 Å². The molecule has 0 spiro atoms. The number of rotatable bonds is 3. The Morgan fingerprint density at radius 3 is 2.36 bits per heavy atom. The average Bonchev–Trinajstić information content (AvgIpc) is 2.89. The average molecular weight is 353 g/mol. The summed E-state index contributed by atoms with van der Waals surface area (Å²) in [6.45, 7) is 4.90. The molecule has 0 unspecified atom stereocenters. The molecule has 130 valence electrons. The minimum atomic E-state index is -3.49. The Morgan fingerprint density at radius 1 is 1.00 bits per heavy atom. The maximum atomic E-state index is 13.0. The summed E-state index contributed by atoms with van der Waals surface area (Å²) >= 11 is 0. The first-order valence-electron chi connectivity index (χ1n) is 8.47. The van der Waals surface area contributed by atoms with Crippen LogP contribution in [0.15, 0.2) is 77.2 Å². The van der Waals surface area contributed by atoms with Crippen LogP contribution in [0, 0.1) is 6.92 Å². The Bertz CT molecular complexity index is 895. The highest BCUT2D eigenvalue weighted by molar-refractivity contribution is 7.89. The van der Waals surface area contributed by atoms with Gasteiger partial charge in [0.25, 0.3) is 0 Å². The van der Waals surface area contributed by atoms with E-state index in [4.69, 9.17) is 0 Å². The Morgan fingerprint density at radius 2 is 1.68 bits per heavy atom. The minimum absolute atomic E-state index is 0.358. The third kappa shape index (κ3) is 3.91. The van der Waals surface area contributed by atoms with E-state index in [2.05, 4.69) is 31.2 Å². The lowest BCUT2D eigenvalue weighted by Gasteiger charge is -2.22. The summed E-state index contributed by atoms with van der Waals surface area (Å²) < 4.78 is 27.6. The molecule has 0 amide bonds. The minimum Gasteiger partial charge on any atom is -0.207 e. The van der Waals surface area contributed by atoms with Gasteiger partial charge in [-0.25, -0.2) is 8.42 Å². The molecule has 1 aliphatic rings. The number of hydrogen-bond acceptors (Lipinski definition) is 2. The number of hydrogen-bond donors (Lipinski definition) is 0. The molecule has 0 radical (unpaired) electrons. The molecule has 0 saturated heterocycles. The van der Waals surface area contributed by atoms with Crippen LogP contribution in [0.2, 0.25) is 0 Å². The molecule has 0 aliphatic carbocycles. The zero-order valence-corrected chi connectivity index (χ0v) is 15.5. The van der Waals surface area contributed by atoms with E-state index in [-0.39, 0.29) is 0 Å². The van der Waals surface area contributed by atoms with Crippen molar-refractivity contribution in [3.05, 3.63) is 83.4 Å². The van der Waals surface area contributed by atoms with Gasteiger partial charge in [0, 0.05) is 13.1 Å². The predicted molar refractivity (Wildman–Crippen MR) is 103 cm³/mol. The Kier molecular flexibility index (Phi) is 5.21. The molecular formula is C21H23NO2S. The van der Waals surface area contributed by atoms with Crippen molar-refractivity contribution in [3.63, 3.8) is 0 Å². The van der Waals surface area contributed by atoms with Crippen LogP contribution >= 0.6 is 0 Å². The monoisotopic (exact) mass is 353 g/mol. The normalized spacial score (nSPS) is 18.0. The molecule has 0 fully saturated rings. The number of aryl methyl sites for hydroxylation is 1. The number of nitrogens with zero attached hydrogens (tertiary/aromatic N) is 1. The molecule has 2 aromatic rings. The lowest BCUT2D eigenvalue weighted by atomic mass is 10.0. The lowest BCUT2D eigenvalue weighted by molar-refractivity contribution is 0.447. The molecule has 4 heteroatoms. The van der Waals surface area contributed by atoms with Crippen LogP contribution in [0.3, 0.4) is 0 Å². The van der Waals surface area contributed by atoms with Gasteiger partial charge in [-0.15, -0.1) is 0 Å². The highest BCUT2D eigenvalue weighted by Crippen LogP contribution is 2.25. The smallest absolute Gasteiger partial charge is 0.207 e. The zero-order valence-electron chi connectivity index (χ0n) is 14.6. The second kappa shape index (κ2) is 7.38. The summed E-state index contributed by atoms with van der Waals surface area (Å²) in [5, 5.41) is 0. The molecule has 0 saturated carbocycles. The number of benzene rings is 2. The predicted octanol–water partition coefficient (Wildman–Crippen LogP) is 4.42. The third-order valence-electron chi connectivity index (χ3n) is 4.56. The van der Waals surface area contributed by atoms with E-state index >= 15 is 0 Å². The van der Waals surface area contributed by atoms with E-state index in [1.165, 1.54) is 0 Å². The summed E-state index contributed by atoms with van der Waals surface area (Å²) in [6.07, 6.45) is 4.84. The van der Waals surface area contributed by atoms with Gasteiger partial charge in [0.1, 0.15) is 0 Å². The fourth-order valence-electron chi connectivity index (χ4n) is 2.95. The Balaban J connectivity index is 1.95. The molecule has 1 heterocycles. The SMILES string of the molecule is C/C(=C1/C=CCCN(S(=O)(=O)c2ccc(C)cc2)C1)c1ccccc1. The molecular weight excluding hydrogens is 330 g/mol. The van der Waals surface area contributed by atoms with Gasteiger partial charge in [-0.05, 0) is 49.1 Å². The lowest BCUT2D eigenvalue weighted by Crippen LogP contribution is -2.33. The second-order valence-corrected chi connectivity index (χ2v) is 8.30. The molecule has 2 aromatic carbocycles. The topological polar surface area (TPSA) is 37.4 Å². The van der Waals surface area contributed by atoms with Crippen LogP contribution in [0.1, 0.15) is 24.5 Å². The molecule has 1 aliphatic heterocycles. The maximum Gasteiger partial charge on any atom is 0.243 e. The van der Waals surface area contributed by atoms with Crippen molar-refractivity contribution in [1.82, 2.24) is 4.31 Å². The van der Waals surface area contributed by atoms with Crippen molar-refractivity contribution >= 4 is 15.6 Å². The van der Waals surface area contributed by atoms with Crippen molar-refractivity contribution < 1.29 is 8.42 Å². The summed E-state index contributed by atoms with van der Waals surface area (Å²) in [6, 6.07) is 17.2. The maximum absolute atomic E-state index is 13.0. The van der Waals surface area contributed by atoms with E-state index in [9.17, 15) is 8.42 Å². The first kappa shape index (κ1) is 17.6. The van der Waals surface area contributed by atoms with Crippen LogP contribution in [-0.2, 0) is 10.0 Å². The van der Waals surface area contributed by atoms with Gasteiger partial charge in [0.15, 0.2) is 0 Å². The summed E-state index contributed by atoms with van der Waals surface area (Å²) in [5.74, 6) is 0. The highest BCUT2D eigenvalue weighted by Gasteiger charge is 2.26. The van der Waals surface area contributed by atoms with E-state index in [0.717, 1.165) is 28.7 Å². The Labute approximate surface area is 150 Å². The van der Waals surface area contributed by atoms with Crippen LogP contribution in [0.4, 0.5) is 0 Å². The summed E-state index contributed by atoms with van der Waals surface area (Å²) in [5.41, 5.74) is 4.33. The summed E-state index contributed by atoms with van der Waals surface area (Å²) in [4.78, 5) is 0.358. The van der Waals surface area contributed by atoms with Crippen LogP contribution in [-0.4, -0.2) is 25.8 Å². The number of sulfonamides is 1. The van der Waals surface area contributed by atoms with E-state index in [1.807, 2.05) is 37.3 Å². The van der Waals surface area contributed by atoms with Gasteiger partial charge < -0.3 is 0 Å². The standard InChI is InChI=1S/C21H23NO2S/c1-17-11-13-21(14-12-17)25(23,24)22-15-7-6-10-20(16-22)18(2)19-8-4-3-5-9-19/h3-6,8-14H,7,15-16H2,1-2H3/b20-18+. The van der Waals surface area contributed by atoms with Gasteiger partial charge in [-0.2, -0.15) is 4.31 Å². The fraction of sp³-hybridized carbons (Fsp3) is 0.238. The summed E-state index contributed by atoms with van der Waals surface area (Å²) in [7, 11) is -3.49. The van der Waals surface area contributed by atoms with Crippen molar-refractivity contribution in [2.75, 3.05) is 13.1 Å². The van der Waals surface area contributed by atoms with Gasteiger partial charge in [0.05, 0.1) is 4.90 Å². The zero-order chi connectivity index (χ0) is 17.9. The fourth-order valence-corrected chi connectivity index (χ4v) is 4.38. The van der Waals surface area contributed by atoms with Crippen LogP contribution in [0.5, 0.6) is 0 Å². The Hall–Kier alpha value is -2.17. The molecule has 3 nitrogen and oxygen atoms in total. The van der Waals surface area contributed by atoms with E-state index in [1.54, 1.807) is 16.4 Å². The third-order valence-corrected chi connectivity index (χ3v) is 6.42. The first-order chi connectivity index (χ1) is 12.0. The molecule has 0 N–H and O–H groups in total. The number of allylic oxidation sites excluding steroid dienone is 1. The van der Waals surface area contributed by atoms with Crippen molar-refractivity contribution in [2.24, 2.45) is 0 Å². The van der Waals surface area contributed by atoms with E-state index < -0.39 is 10.0 Å². The molecule has 0 aromatic heterocycles. The van der Waals surface area contributed by atoms with Crippen LogP contribution < -0.4 is 0 Å². The quantitative estimate of drug-likeness (QED) is 0.819. The van der Waals surface area contributed by atoms with Crippen molar-refractivity contribution in [2.45, 2.75) is 25.2 Å². The van der Waals surface area contributed by atoms with Crippen molar-refractivity contribution in [3.8, 4) is 0 Å². The molecule has 25 heavy (non-hydrogen) atoms. The van der Waals surface area contributed by atoms with E-state index in [0.29, 0.717) is 18.0 Å². The van der Waals surface area contributed by atoms with Gasteiger partial charge in [0.2, 0.25) is 10.0 Å². The van der Waals surface area contributed by atoms with Gasteiger partial charge >= 0.3 is 0 Å². The highest BCUT2D eigenvalue weighted by atomic mass is 32.2. The second-order valence-electron chi connectivity index (χ2n) is 6.36. The van der Waals surface area contributed by atoms with Gasteiger partial charge in [-0.1, -0.05) is 60.2 Å².